The van der Waals surface area contributed by atoms with E-state index in [4.69, 9.17) is 11.6 Å². The van der Waals surface area contributed by atoms with E-state index in [1.165, 1.54) is 24.1 Å². The molecule has 5 rings (SSSR count). The van der Waals surface area contributed by atoms with Crippen LogP contribution in [0.3, 0.4) is 0 Å². The maximum Gasteiger partial charge on any atom is 0.189 e. The summed E-state index contributed by atoms with van der Waals surface area (Å²) in [4.78, 5) is 22.8. The SMILES string of the molecule is C=C(C1CC1)N1CC=C(c2cc3cc(CC(=O)c4n[nH]c(C)c4Cl)cnc3[nH]2)C1. The highest BCUT2D eigenvalue weighted by atomic mass is 35.5. The Morgan fingerprint density at radius 3 is 2.93 bits per heavy atom. The molecule has 3 aromatic heterocycles. The van der Waals surface area contributed by atoms with Crippen LogP contribution in [0.2, 0.25) is 5.02 Å². The van der Waals surface area contributed by atoms with Gasteiger partial charge in [0.15, 0.2) is 5.78 Å². The van der Waals surface area contributed by atoms with Crippen molar-refractivity contribution in [2.24, 2.45) is 5.92 Å². The van der Waals surface area contributed by atoms with Gasteiger partial charge in [0.2, 0.25) is 0 Å². The Kier molecular flexibility index (Phi) is 4.32. The average molecular weight is 408 g/mol. The summed E-state index contributed by atoms with van der Waals surface area (Å²) in [6.45, 7) is 7.85. The Bertz CT molecular complexity index is 1170. The highest BCUT2D eigenvalue weighted by molar-refractivity contribution is 6.34. The van der Waals surface area contributed by atoms with Crippen molar-refractivity contribution < 1.29 is 4.79 Å². The van der Waals surface area contributed by atoms with Crippen LogP contribution in [0, 0.1) is 12.8 Å². The molecule has 1 aliphatic carbocycles. The maximum absolute atomic E-state index is 12.5. The number of hydrogen-bond acceptors (Lipinski definition) is 4. The fourth-order valence-electron chi connectivity index (χ4n) is 3.84. The zero-order chi connectivity index (χ0) is 20.1. The maximum atomic E-state index is 12.5. The number of hydrogen-bond donors (Lipinski definition) is 2. The summed E-state index contributed by atoms with van der Waals surface area (Å²) in [6.07, 6.45) is 6.74. The van der Waals surface area contributed by atoms with Crippen molar-refractivity contribution in [3.63, 3.8) is 0 Å². The van der Waals surface area contributed by atoms with E-state index in [1.807, 2.05) is 6.07 Å². The molecule has 1 aliphatic heterocycles. The Hall–Kier alpha value is -2.86. The normalized spacial score (nSPS) is 16.5. The fraction of sp³-hybridized carbons (Fsp3) is 0.318. The molecule has 1 fully saturated rings. The van der Waals surface area contributed by atoms with Gasteiger partial charge in [-0.15, -0.1) is 0 Å². The van der Waals surface area contributed by atoms with Gasteiger partial charge in [0.1, 0.15) is 11.3 Å². The van der Waals surface area contributed by atoms with Crippen molar-refractivity contribution in [2.45, 2.75) is 26.2 Å². The van der Waals surface area contributed by atoms with Crippen LogP contribution in [0.1, 0.15) is 40.3 Å². The molecule has 0 unspecified atom stereocenters. The molecular formula is C22H22ClN5O. The van der Waals surface area contributed by atoms with Crippen molar-refractivity contribution in [1.29, 1.82) is 0 Å². The number of nitrogens with one attached hydrogen (secondary N) is 2. The molecule has 0 aromatic carbocycles. The van der Waals surface area contributed by atoms with Crippen molar-refractivity contribution in [3.8, 4) is 0 Å². The Labute approximate surface area is 173 Å². The van der Waals surface area contributed by atoms with Crippen LogP contribution in [0.15, 0.2) is 36.7 Å². The minimum absolute atomic E-state index is 0.121. The Morgan fingerprint density at radius 2 is 2.21 bits per heavy atom. The minimum atomic E-state index is -0.121. The van der Waals surface area contributed by atoms with Crippen LogP contribution in [-0.2, 0) is 6.42 Å². The molecule has 0 saturated heterocycles. The first-order valence-electron chi connectivity index (χ1n) is 9.84. The van der Waals surface area contributed by atoms with Gasteiger partial charge in [-0.3, -0.25) is 9.89 Å². The molecule has 4 heterocycles. The molecule has 1 saturated carbocycles. The van der Waals surface area contributed by atoms with Crippen LogP contribution >= 0.6 is 11.6 Å². The van der Waals surface area contributed by atoms with Crippen molar-refractivity contribution in [2.75, 3.05) is 13.1 Å². The summed E-state index contributed by atoms with van der Waals surface area (Å²) in [5, 5.41) is 8.15. The van der Waals surface area contributed by atoms with E-state index in [1.54, 1.807) is 13.1 Å². The van der Waals surface area contributed by atoms with Crippen LogP contribution in [0.5, 0.6) is 0 Å². The van der Waals surface area contributed by atoms with Gasteiger partial charge in [-0.05, 0) is 49.0 Å². The Balaban J connectivity index is 1.33. The van der Waals surface area contributed by atoms with E-state index in [9.17, 15) is 4.79 Å². The Morgan fingerprint density at radius 1 is 1.38 bits per heavy atom. The number of rotatable bonds is 6. The zero-order valence-electron chi connectivity index (χ0n) is 16.3. The smallest absolute Gasteiger partial charge is 0.189 e. The number of halogens is 1. The lowest BCUT2D eigenvalue weighted by molar-refractivity contribution is 0.0988. The molecule has 0 atom stereocenters. The van der Waals surface area contributed by atoms with E-state index in [0.717, 1.165) is 35.4 Å². The molecule has 29 heavy (non-hydrogen) atoms. The topological polar surface area (TPSA) is 77.7 Å². The second-order valence-electron chi connectivity index (χ2n) is 7.95. The fourth-order valence-corrected chi connectivity index (χ4v) is 4.03. The molecule has 0 bridgehead atoms. The minimum Gasteiger partial charge on any atom is -0.367 e. The van der Waals surface area contributed by atoms with Gasteiger partial charge < -0.3 is 9.88 Å². The summed E-state index contributed by atoms with van der Waals surface area (Å²) < 4.78 is 0. The number of carbonyl (C=O) groups is 1. The lowest BCUT2D eigenvalue weighted by atomic mass is 10.1. The predicted molar refractivity (Wildman–Crippen MR) is 114 cm³/mol. The molecule has 3 aromatic rings. The standard InChI is InChI=1S/C22H22ClN5O/c1-12-20(23)21(27-26-12)19(29)8-14-7-17-9-18(25-22(17)24-10-14)16-5-6-28(11-16)13(2)15-3-4-15/h5,7,9-10,15H,2-4,6,8,11H2,1H3,(H,24,25)(H,26,27). The number of fused-ring (bicyclic) bond motifs is 1. The number of Topliss-reactive ketones (excluding diaryl/α,β-unsaturated/α-hetero) is 1. The third-order valence-electron chi connectivity index (χ3n) is 5.75. The first-order valence-corrected chi connectivity index (χ1v) is 10.2. The van der Waals surface area contributed by atoms with Gasteiger partial charge in [-0.2, -0.15) is 5.10 Å². The van der Waals surface area contributed by atoms with Gasteiger partial charge in [-0.1, -0.05) is 24.3 Å². The van der Waals surface area contributed by atoms with Gasteiger partial charge in [0.05, 0.1) is 10.7 Å². The third kappa shape index (κ3) is 3.38. The lowest BCUT2D eigenvalue weighted by Crippen LogP contribution is -2.20. The van der Waals surface area contributed by atoms with E-state index >= 15 is 0 Å². The van der Waals surface area contributed by atoms with Gasteiger partial charge in [-0.25, -0.2) is 4.98 Å². The predicted octanol–water partition coefficient (Wildman–Crippen LogP) is 4.30. The van der Waals surface area contributed by atoms with Crippen molar-refractivity contribution in [3.05, 3.63) is 64.3 Å². The molecule has 2 aliphatic rings. The van der Waals surface area contributed by atoms with Crippen LogP contribution in [-0.4, -0.2) is 43.9 Å². The lowest BCUT2D eigenvalue weighted by Gasteiger charge is -2.20. The number of ketones is 1. The number of carbonyl (C=O) groups excluding carboxylic acids is 1. The first kappa shape index (κ1) is 18.2. The van der Waals surface area contributed by atoms with Crippen molar-refractivity contribution in [1.82, 2.24) is 25.1 Å². The zero-order valence-corrected chi connectivity index (χ0v) is 17.0. The summed E-state index contributed by atoms with van der Waals surface area (Å²) in [6, 6.07) is 4.11. The summed E-state index contributed by atoms with van der Waals surface area (Å²) in [5.41, 5.74) is 6.25. The molecule has 0 radical (unpaired) electrons. The highest BCUT2D eigenvalue weighted by Crippen LogP contribution is 2.39. The summed E-state index contributed by atoms with van der Waals surface area (Å²) >= 11 is 6.15. The molecule has 2 N–H and O–H groups in total. The third-order valence-corrected chi connectivity index (χ3v) is 6.21. The molecule has 6 nitrogen and oxygen atoms in total. The van der Waals surface area contributed by atoms with E-state index in [2.05, 4.69) is 43.8 Å². The second-order valence-corrected chi connectivity index (χ2v) is 8.33. The average Bonchev–Trinajstić information content (AvgIpc) is 3.13. The quantitative estimate of drug-likeness (QED) is 0.597. The van der Waals surface area contributed by atoms with Crippen LogP contribution < -0.4 is 0 Å². The second kappa shape index (κ2) is 6.88. The number of aromatic amines is 2. The van der Waals surface area contributed by atoms with Crippen LogP contribution in [0.25, 0.3) is 16.6 Å². The highest BCUT2D eigenvalue weighted by Gasteiger charge is 2.30. The summed E-state index contributed by atoms with van der Waals surface area (Å²) in [5.74, 6) is 0.558. The van der Waals surface area contributed by atoms with Gasteiger partial charge in [0, 0.05) is 42.5 Å². The molecule has 0 spiro atoms. The van der Waals surface area contributed by atoms with E-state index < -0.39 is 0 Å². The van der Waals surface area contributed by atoms with Gasteiger partial charge >= 0.3 is 0 Å². The number of allylic oxidation sites excluding steroid dienone is 1. The largest absolute Gasteiger partial charge is 0.367 e. The first-order chi connectivity index (χ1) is 14.0. The summed E-state index contributed by atoms with van der Waals surface area (Å²) in [7, 11) is 0. The number of nitrogens with zero attached hydrogens (tertiary/aromatic N) is 3. The number of aryl methyl sites for hydroxylation is 1. The molecular weight excluding hydrogens is 386 g/mol. The number of H-pyrrole nitrogens is 2. The molecule has 7 heteroatoms. The van der Waals surface area contributed by atoms with Gasteiger partial charge in [0.25, 0.3) is 0 Å². The molecule has 148 valence electrons. The van der Waals surface area contributed by atoms with Crippen LogP contribution in [0.4, 0.5) is 0 Å². The number of pyridine rings is 1. The number of aromatic nitrogens is 4. The monoisotopic (exact) mass is 407 g/mol. The van der Waals surface area contributed by atoms with Crippen molar-refractivity contribution >= 4 is 34.0 Å². The van der Waals surface area contributed by atoms with E-state index in [0.29, 0.717) is 16.6 Å². The molecule has 0 amide bonds. The van der Waals surface area contributed by atoms with E-state index in [-0.39, 0.29) is 17.9 Å².